The molecule has 0 aliphatic rings. The van der Waals surface area contributed by atoms with Crippen molar-refractivity contribution in [3.05, 3.63) is 90.5 Å². The van der Waals surface area contributed by atoms with E-state index < -0.39 is 6.10 Å². The first-order valence-corrected chi connectivity index (χ1v) is 8.23. The van der Waals surface area contributed by atoms with Crippen LogP contribution in [0.5, 0.6) is 5.75 Å². The Morgan fingerprint density at radius 2 is 1.28 bits per heavy atom. The lowest BCUT2D eigenvalue weighted by molar-refractivity contribution is -0.136. The van der Waals surface area contributed by atoms with E-state index in [0.29, 0.717) is 5.75 Å². The zero-order valence-corrected chi connectivity index (χ0v) is 14.4. The minimum absolute atomic E-state index is 0.0849. The van der Waals surface area contributed by atoms with Gasteiger partial charge in [-0.3, -0.25) is 4.79 Å². The Bertz CT molecular complexity index is 812. The number of likely N-dealkylation sites (N-methyl/N-ethyl adjacent to an activating group) is 1. The predicted molar refractivity (Wildman–Crippen MR) is 100 cm³/mol. The van der Waals surface area contributed by atoms with Crippen LogP contribution >= 0.6 is 0 Å². The zero-order chi connectivity index (χ0) is 17.6. The standard InChI is InChI=1S/C22H21NO2/c1-23(2)22(24)21(19-11-7-4-8-12-19)25-20-15-13-18(14-16-20)17-9-5-3-6-10-17/h3-16,21H,1-2H3/t21-/m1/s1. The normalized spacial score (nSPS) is 11.6. The van der Waals surface area contributed by atoms with Gasteiger partial charge in [-0.2, -0.15) is 0 Å². The smallest absolute Gasteiger partial charge is 0.267 e. The molecular formula is C22H21NO2. The maximum atomic E-state index is 12.5. The SMILES string of the molecule is CN(C)C(=O)[C@H](Oc1ccc(-c2ccccc2)cc1)c1ccccc1. The first kappa shape index (κ1) is 16.8. The molecule has 3 nitrogen and oxygen atoms in total. The number of rotatable bonds is 5. The van der Waals surface area contributed by atoms with Crippen molar-refractivity contribution in [1.82, 2.24) is 4.90 Å². The molecule has 0 unspecified atom stereocenters. The molecule has 0 spiro atoms. The Morgan fingerprint density at radius 3 is 1.84 bits per heavy atom. The van der Waals surface area contributed by atoms with Gasteiger partial charge in [-0.25, -0.2) is 0 Å². The maximum absolute atomic E-state index is 12.5. The van der Waals surface area contributed by atoms with Crippen LogP contribution in [0.15, 0.2) is 84.9 Å². The number of nitrogens with zero attached hydrogens (tertiary/aromatic N) is 1. The Kier molecular flexibility index (Phi) is 5.14. The summed E-state index contributed by atoms with van der Waals surface area (Å²) in [5.41, 5.74) is 3.11. The van der Waals surface area contributed by atoms with E-state index in [1.165, 1.54) is 0 Å². The summed E-state index contributed by atoms with van der Waals surface area (Å²) >= 11 is 0. The maximum Gasteiger partial charge on any atom is 0.267 e. The van der Waals surface area contributed by atoms with Gasteiger partial charge in [0.15, 0.2) is 0 Å². The van der Waals surface area contributed by atoms with Gasteiger partial charge in [-0.1, -0.05) is 72.8 Å². The van der Waals surface area contributed by atoms with Crippen LogP contribution in [0.1, 0.15) is 11.7 Å². The molecule has 126 valence electrons. The Hall–Kier alpha value is -3.07. The van der Waals surface area contributed by atoms with Gasteiger partial charge in [0.05, 0.1) is 0 Å². The molecule has 25 heavy (non-hydrogen) atoms. The largest absolute Gasteiger partial charge is 0.476 e. The average Bonchev–Trinajstić information content (AvgIpc) is 2.67. The minimum Gasteiger partial charge on any atom is -0.476 e. The monoisotopic (exact) mass is 331 g/mol. The second-order valence-electron chi connectivity index (χ2n) is 6.03. The van der Waals surface area contributed by atoms with Crippen molar-refractivity contribution in [2.75, 3.05) is 14.1 Å². The number of carbonyl (C=O) groups is 1. The highest BCUT2D eigenvalue weighted by Crippen LogP contribution is 2.26. The number of carbonyl (C=O) groups excluding carboxylic acids is 1. The van der Waals surface area contributed by atoms with Gasteiger partial charge in [0, 0.05) is 19.7 Å². The molecule has 0 radical (unpaired) electrons. The van der Waals surface area contributed by atoms with E-state index in [2.05, 4.69) is 12.1 Å². The van der Waals surface area contributed by atoms with E-state index in [1.54, 1.807) is 19.0 Å². The number of amides is 1. The van der Waals surface area contributed by atoms with Gasteiger partial charge in [0.25, 0.3) is 5.91 Å². The van der Waals surface area contributed by atoms with E-state index in [-0.39, 0.29) is 5.91 Å². The number of hydrogen-bond donors (Lipinski definition) is 0. The summed E-state index contributed by atoms with van der Waals surface area (Å²) < 4.78 is 6.02. The lowest BCUT2D eigenvalue weighted by Crippen LogP contribution is -2.31. The summed E-state index contributed by atoms with van der Waals surface area (Å²) in [5, 5.41) is 0. The summed E-state index contributed by atoms with van der Waals surface area (Å²) in [7, 11) is 3.47. The molecular weight excluding hydrogens is 310 g/mol. The Morgan fingerprint density at radius 1 is 0.760 bits per heavy atom. The Balaban J connectivity index is 1.84. The first-order chi connectivity index (χ1) is 12.1. The average molecular weight is 331 g/mol. The van der Waals surface area contributed by atoms with Gasteiger partial charge < -0.3 is 9.64 Å². The van der Waals surface area contributed by atoms with Crippen molar-refractivity contribution < 1.29 is 9.53 Å². The lowest BCUT2D eigenvalue weighted by atomic mass is 10.1. The van der Waals surface area contributed by atoms with Crippen LogP contribution in [0, 0.1) is 0 Å². The van der Waals surface area contributed by atoms with Crippen molar-refractivity contribution in [3.63, 3.8) is 0 Å². The van der Waals surface area contributed by atoms with Crippen LogP contribution < -0.4 is 4.74 Å². The van der Waals surface area contributed by atoms with Gasteiger partial charge in [0.2, 0.25) is 6.10 Å². The molecule has 1 atom stereocenters. The third kappa shape index (κ3) is 4.07. The molecule has 0 aliphatic heterocycles. The van der Waals surface area contributed by atoms with Crippen molar-refractivity contribution in [1.29, 1.82) is 0 Å². The lowest BCUT2D eigenvalue weighted by Gasteiger charge is -2.22. The fourth-order valence-corrected chi connectivity index (χ4v) is 2.62. The summed E-state index contributed by atoms with van der Waals surface area (Å²) in [6.45, 7) is 0. The first-order valence-electron chi connectivity index (χ1n) is 8.23. The van der Waals surface area contributed by atoms with Crippen molar-refractivity contribution in [2.24, 2.45) is 0 Å². The molecule has 1 amide bonds. The molecule has 3 aromatic carbocycles. The number of ether oxygens (including phenoxy) is 1. The van der Waals surface area contributed by atoms with Crippen molar-refractivity contribution >= 4 is 5.91 Å². The third-order valence-corrected chi connectivity index (χ3v) is 3.98. The predicted octanol–water partition coefficient (Wildman–Crippen LogP) is 4.56. The molecule has 0 aliphatic carbocycles. The van der Waals surface area contributed by atoms with Gasteiger partial charge in [0.1, 0.15) is 5.75 Å². The topological polar surface area (TPSA) is 29.5 Å². The number of hydrogen-bond acceptors (Lipinski definition) is 2. The Labute approximate surface area is 148 Å². The molecule has 0 heterocycles. The molecule has 3 aromatic rings. The van der Waals surface area contributed by atoms with Crippen LogP contribution in [0.3, 0.4) is 0 Å². The molecule has 0 fully saturated rings. The van der Waals surface area contributed by atoms with Crippen LogP contribution in [0.2, 0.25) is 0 Å². The quantitative estimate of drug-likeness (QED) is 0.686. The summed E-state index contributed by atoms with van der Waals surface area (Å²) in [6, 6.07) is 27.5. The van der Waals surface area contributed by atoms with Gasteiger partial charge in [-0.15, -0.1) is 0 Å². The van der Waals surface area contributed by atoms with E-state index in [4.69, 9.17) is 4.74 Å². The summed E-state index contributed by atoms with van der Waals surface area (Å²) in [5.74, 6) is 0.585. The third-order valence-electron chi connectivity index (χ3n) is 3.98. The molecule has 0 N–H and O–H groups in total. The van der Waals surface area contributed by atoms with E-state index >= 15 is 0 Å². The van der Waals surface area contributed by atoms with E-state index in [0.717, 1.165) is 16.7 Å². The highest BCUT2D eigenvalue weighted by atomic mass is 16.5. The minimum atomic E-state index is -0.654. The fraction of sp³-hybridized carbons (Fsp3) is 0.136. The van der Waals surface area contributed by atoms with Gasteiger partial charge >= 0.3 is 0 Å². The highest BCUT2D eigenvalue weighted by molar-refractivity contribution is 5.82. The van der Waals surface area contributed by atoms with Crippen LogP contribution in [0.4, 0.5) is 0 Å². The van der Waals surface area contributed by atoms with Crippen LogP contribution in [0.25, 0.3) is 11.1 Å². The highest BCUT2D eigenvalue weighted by Gasteiger charge is 2.24. The van der Waals surface area contributed by atoms with Crippen LogP contribution in [-0.4, -0.2) is 24.9 Å². The van der Waals surface area contributed by atoms with Crippen LogP contribution in [-0.2, 0) is 4.79 Å². The van der Waals surface area contributed by atoms with Crippen molar-refractivity contribution in [3.8, 4) is 16.9 Å². The molecule has 3 heteroatoms. The summed E-state index contributed by atoms with van der Waals surface area (Å²) in [4.78, 5) is 14.1. The molecule has 0 aromatic heterocycles. The summed E-state index contributed by atoms with van der Waals surface area (Å²) in [6.07, 6.45) is -0.654. The fourth-order valence-electron chi connectivity index (χ4n) is 2.62. The second-order valence-corrected chi connectivity index (χ2v) is 6.03. The van der Waals surface area contributed by atoms with Crippen molar-refractivity contribution in [2.45, 2.75) is 6.10 Å². The molecule has 3 rings (SSSR count). The molecule has 0 saturated heterocycles. The van der Waals surface area contributed by atoms with E-state index in [9.17, 15) is 4.79 Å². The molecule has 0 bridgehead atoms. The molecule has 0 saturated carbocycles. The van der Waals surface area contributed by atoms with E-state index in [1.807, 2.05) is 72.8 Å². The zero-order valence-electron chi connectivity index (χ0n) is 14.4. The van der Waals surface area contributed by atoms with Gasteiger partial charge in [-0.05, 0) is 23.3 Å². The second kappa shape index (κ2) is 7.67. The number of benzene rings is 3.